The van der Waals surface area contributed by atoms with Crippen LogP contribution in [-0.4, -0.2) is 21.0 Å². The number of sulfonamides is 1. The van der Waals surface area contributed by atoms with Crippen molar-refractivity contribution in [3.8, 4) is 0 Å². The van der Waals surface area contributed by atoms with Crippen LogP contribution in [-0.2, 0) is 21.2 Å². The predicted octanol–water partition coefficient (Wildman–Crippen LogP) is 4.02. The first-order valence-electron chi connectivity index (χ1n) is 8.92. The van der Waals surface area contributed by atoms with E-state index in [1.807, 2.05) is 48.5 Å². The van der Waals surface area contributed by atoms with Crippen molar-refractivity contribution in [3.05, 3.63) is 70.7 Å². The van der Waals surface area contributed by atoms with E-state index in [-0.39, 0.29) is 29.6 Å². The Kier molecular flexibility index (Phi) is 7.72. The summed E-state index contributed by atoms with van der Waals surface area (Å²) in [6.45, 7) is 0.539. The average Bonchev–Trinajstić information content (AvgIpc) is 2.63. The van der Waals surface area contributed by atoms with Gasteiger partial charge in [0.25, 0.3) is 0 Å². The lowest BCUT2D eigenvalue weighted by molar-refractivity contribution is 0.267. The summed E-state index contributed by atoms with van der Waals surface area (Å²) in [5.74, 6) is 0.0145. The quantitative estimate of drug-likeness (QED) is 0.729. The molecule has 0 bridgehead atoms. The lowest BCUT2D eigenvalue weighted by Gasteiger charge is -2.40. The van der Waals surface area contributed by atoms with Crippen LogP contribution in [0.4, 0.5) is 0 Å². The highest BCUT2D eigenvalue weighted by Crippen LogP contribution is 2.39. The molecule has 7 heteroatoms. The van der Waals surface area contributed by atoms with E-state index < -0.39 is 10.0 Å². The van der Waals surface area contributed by atoms with Crippen molar-refractivity contribution < 1.29 is 8.42 Å². The molecule has 0 heterocycles. The number of benzene rings is 2. The Labute approximate surface area is 173 Å². The summed E-state index contributed by atoms with van der Waals surface area (Å²) in [7, 11) is -3.35. The monoisotopic (exact) mass is 428 g/mol. The van der Waals surface area contributed by atoms with Crippen LogP contribution in [0.3, 0.4) is 0 Å². The number of nitrogens with two attached hydrogens (primary N) is 1. The molecule has 4 nitrogen and oxygen atoms in total. The van der Waals surface area contributed by atoms with Crippen LogP contribution in [0.25, 0.3) is 0 Å². The molecule has 0 saturated heterocycles. The van der Waals surface area contributed by atoms with Gasteiger partial charge < -0.3 is 5.73 Å². The second kappa shape index (κ2) is 9.39. The molecular weight excluding hydrogens is 403 g/mol. The SMILES string of the molecule is Cl.NC[C@]1(c2cccc(Cl)c2)CC[C@@H](NS(=O)(=O)Cc2ccccc2)CC1. The average molecular weight is 429 g/mol. The van der Waals surface area contributed by atoms with Crippen molar-refractivity contribution in [1.82, 2.24) is 4.72 Å². The van der Waals surface area contributed by atoms with Crippen molar-refractivity contribution in [2.75, 3.05) is 6.54 Å². The van der Waals surface area contributed by atoms with Crippen LogP contribution in [0.1, 0.15) is 36.8 Å². The maximum Gasteiger partial charge on any atom is 0.216 e. The molecule has 0 aliphatic heterocycles. The summed E-state index contributed by atoms with van der Waals surface area (Å²) in [6.07, 6.45) is 3.25. The predicted molar refractivity (Wildman–Crippen MR) is 114 cm³/mol. The molecule has 0 amide bonds. The Morgan fingerprint density at radius 3 is 2.33 bits per heavy atom. The second-order valence-electron chi connectivity index (χ2n) is 7.13. The highest BCUT2D eigenvalue weighted by Gasteiger charge is 2.36. The van der Waals surface area contributed by atoms with Gasteiger partial charge in [-0.2, -0.15) is 0 Å². The molecule has 1 saturated carbocycles. The van der Waals surface area contributed by atoms with Gasteiger partial charge >= 0.3 is 0 Å². The summed E-state index contributed by atoms with van der Waals surface area (Å²) < 4.78 is 27.8. The van der Waals surface area contributed by atoms with Gasteiger partial charge in [-0.3, -0.25) is 0 Å². The van der Waals surface area contributed by atoms with Gasteiger partial charge in [0.05, 0.1) is 5.75 Å². The van der Waals surface area contributed by atoms with Gasteiger partial charge in [-0.15, -0.1) is 12.4 Å². The molecule has 2 aromatic rings. The highest BCUT2D eigenvalue weighted by atomic mass is 35.5. The normalized spacial score (nSPS) is 22.8. The third-order valence-corrected chi connectivity index (χ3v) is 6.96. The first kappa shape index (κ1) is 22.2. The minimum atomic E-state index is -3.35. The van der Waals surface area contributed by atoms with Crippen molar-refractivity contribution in [2.45, 2.75) is 42.9 Å². The lowest BCUT2D eigenvalue weighted by Crippen LogP contribution is -2.45. The molecule has 0 aromatic heterocycles. The maximum atomic E-state index is 12.5. The lowest BCUT2D eigenvalue weighted by atomic mass is 9.68. The molecule has 1 aliphatic rings. The molecule has 1 fully saturated rings. The van der Waals surface area contributed by atoms with Crippen LogP contribution in [0.15, 0.2) is 54.6 Å². The third-order valence-electron chi connectivity index (χ3n) is 5.32. The summed E-state index contributed by atoms with van der Waals surface area (Å²) >= 11 is 6.14. The van der Waals surface area contributed by atoms with E-state index in [2.05, 4.69) is 10.8 Å². The molecule has 0 spiro atoms. The standard InChI is InChI=1S/C20H25ClN2O2S.ClH/c21-18-8-4-7-17(13-18)20(15-22)11-9-19(10-12-20)23-26(24,25)14-16-5-2-1-3-6-16;/h1-8,13,19,23H,9-12,14-15,22H2;1H/t19-,20+;. The van der Waals surface area contributed by atoms with Gasteiger partial charge in [0.2, 0.25) is 10.0 Å². The van der Waals surface area contributed by atoms with E-state index in [1.165, 1.54) is 0 Å². The fraction of sp³-hybridized carbons (Fsp3) is 0.400. The first-order chi connectivity index (χ1) is 12.4. The van der Waals surface area contributed by atoms with E-state index in [9.17, 15) is 8.42 Å². The maximum absolute atomic E-state index is 12.5. The Hall–Kier alpha value is -1.11. The number of hydrogen-bond acceptors (Lipinski definition) is 3. The Bertz CT molecular complexity index is 836. The minimum absolute atomic E-state index is 0. The van der Waals surface area contributed by atoms with Crippen molar-refractivity contribution in [2.24, 2.45) is 5.73 Å². The fourth-order valence-electron chi connectivity index (χ4n) is 3.81. The summed E-state index contributed by atoms with van der Waals surface area (Å²) in [4.78, 5) is 0. The summed E-state index contributed by atoms with van der Waals surface area (Å²) in [5, 5.41) is 0.709. The summed E-state index contributed by atoms with van der Waals surface area (Å²) in [6, 6.07) is 17.1. The first-order valence-corrected chi connectivity index (χ1v) is 11.0. The Balaban J connectivity index is 0.00000261. The van der Waals surface area contributed by atoms with E-state index in [0.717, 1.165) is 36.8 Å². The summed E-state index contributed by atoms with van der Waals surface area (Å²) in [5.41, 5.74) is 7.94. The fourth-order valence-corrected chi connectivity index (χ4v) is 5.45. The molecule has 0 atom stereocenters. The molecule has 1 aliphatic carbocycles. The second-order valence-corrected chi connectivity index (χ2v) is 9.32. The van der Waals surface area contributed by atoms with E-state index >= 15 is 0 Å². The van der Waals surface area contributed by atoms with E-state index in [1.54, 1.807) is 0 Å². The van der Waals surface area contributed by atoms with Gasteiger partial charge in [-0.1, -0.05) is 54.1 Å². The number of nitrogens with one attached hydrogen (secondary N) is 1. The topological polar surface area (TPSA) is 72.2 Å². The van der Waals surface area contributed by atoms with Crippen LogP contribution in [0.2, 0.25) is 5.02 Å². The van der Waals surface area contributed by atoms with Gasteiger partial charge in [0, 0.05) is 23.0 Å². The smallest absolute Gasteiger partial charge is 0.216 e. The van der Waals surface area contributed by atoms with Crippen molar-refractivity contribution in [3.63, 3.8) is 0 Å². The number of halogens is 2. The molecule has 0 unspecified atom stereocenters. The van der Waals surface area contributed by atoms with E-state index in [4.69, 9.17) is 17.3 Å². The van der Waals surface area contributed by atoms with Gasteiger partial charge in [-0.05, 0) is 48.9 Å². The van der Waals surface area contributed by atoms with Crippen LogP contribution < -0.4 is 10.5 Å². The van der Waals surface area contributed by atoms with Crippen LogP contribution in [0.5, 0.6) is 0 Å². The van der Waals surface area contributed by atoms with Gasteiger partial charge in [-0.25, -0.2) is 13.1 Å². The molecule has 0 radical (unpaired) electrons. The zero-order valence-corrected chi connectivity index (χ0v) is 17.5. The number of rotatable bonds is 6. The van der Waals surface area contributed by atoms with Crippen LogP contribution in [0, 0.1) is 0 Å². The Morgan fingerprint density at radius 2 is 1.74 bits per heavy atom. The molecular formula is C20H26Cl2N2O2S. The van der Waals surface area contributed by atoms with E-state index in [0.29, 0.717) is 11.6 Å². The molecule has 3 N–H and O–H groups in total. The molecule has 148 valence electrons. The van der Waals surface area contributed by atoms with Crippen molar-refractivity contribution in [1.29, 1.82) is 0 Å². The highest BCUT2D eigenvalue weighted by molar-refractivity contribution is 7.88. The minimum Gasteiger partial charge on any atom is -0.330 e. The van der Waals surface area contributed by atoms with Gasteiger partial charge in [0.15, 0.2) is 0 Å². The third kappa shape index (κ3) is 5.69. The molecule has 27 heavy (non-hydrogen) atoms. The van der Waals surface area contributed by atoms with Crippen molar-refractivity contribution >= 4 is 34.0 Å². The Morgan fingerprint density at radius 1 is 1.07 bits per heavy atom. The van der Waals surface area contributed by atoms with Gasteiger partial charge in [0.1, 0.15) is 0 Å². The zero-order chi connectivity index (χ0) is 18.6. The largest absolute Gasteiger partial charge is 0.330 e. The molecule has 2 aromatic carbocycles. The zero-order valence-electron chi connectivity index (χ0n) is 15.1. The molecule has 3 rings (SSSR count). The number of hydrogen-bond donors (Lipinski definition) is 2. The van der Waals surface area contributed by atoms with Crippen LogP contribution >= 0.6 is 24.0 Å².